The Morgan fingerprint density at radius 3 is 2.34 bits per heavy atom. The Hall–Kier alpha value is -3.31. The lowest BCUT2D eigenvalue weighted by Crippen LogP contribution is -2.39. The molecule has 2 heterocycles. The zero-order valence-electron chi connectivity index (χ0n) is 15.9. The number of carbonyl (C=O) groups excluding carboxylic acids is 1. The third-order valence-electron chi connectivity index (χ3n) is 5.96. The maximum atomic E-state index is 13.5. The number of carbonyl (C=O) groups is 1. The predicted octanol–water partition coefficient (Wildman–Crippen LogP) is 3.57. The Morgan fingerprint density at radius 1 is 0.862 bits per heavy atom. The van der Waals surface area contributed by atoms with E-state index in [-0.39, 0.29) is 29.6 Å². The van der Waals surface area contributed by atoms with Crippen molar-refractivity contribution in [3.05, 3.63) is 95.1 Å². The van der Waals surface area contributed by atoms with E-state index in [0.29, 0.717) is 19.5 Å². The third kappa shape index (κ3) is 3.04. The first-order valence-corrected chi connectivity index (χ1v) is 9.80. The van der Waals surface area contributed by atoms with Gasteiger partial charge in [-0.25, -0.2) is 0 Å². The third-order valence-corrected chi connectivity index (χ3v) is 5.96. The molecule has 2 aliphatic rings. The van der Waals surface area contributed by atoms with Gasteiger partial charge in [-0.3, -0.25) is 9.69 Å². The molecule has 5 nitrogen and oxygen atoms in total. The first kappa shape index (κ1) is 17.8. The van der Waals surface area contributed by atoms with Gasteiger partial charge in [0.05, 0.1) is 6.04 Å². The van der Waals surface area contributed by atoms with Gasteiger partial charge >= 0.3 is 0 Å². The minimum atomic E-state index is -0.299. The van der Waals surface area contributed by atoms with Crippen LogP contribution >= 0.6 is 0 Å². The highest BCUT2D eigenvalue weighted by Crippen LogP contribution is 2.42. The van der Waals surface area contributed by atoms with E-state index < -0.39 is 0 Å². The molecule has 2 aliphatic heterocycles. The summed E-state index contributed by atoms with van der Waals surface area (Å²) in [5, 5.41) is 19.8. The minimum Gasteiger partial charge on any atom is -0.504 e. The van der Waals surface area contributed by atoms with Gasteiger partial charge in [0.15, 0.2) is 11.5 Å². The smallest absolute Gasteiger partial charge is 0.242 e. The Kier molecular flexibility index (Phi) is 4.25. The van der Waals surface area contributed by atoms with Crippen LogP contribution in [0.5, 0.6) is 11.5 Å². The summed E-state index contributed by atoms with van der Waals surface area (Å²) in [4.78, 5) is 17.6. The molecule has 29 heavy (non-hydrogen) atoms. The van der Waals surface area contributed by atoms with Gasteiger partial charge in [-0.05, 0) is 40.8 Å². The van der Waals surface area contributed by atoms with Crippen LogP contribution in [0.1, 0.15) is 28.4 Å². The molecule has 0 spiro atoms. The lowest BCUT2D eigenvalue weighted by molar-refractivity contribution is -0.130. The first-order valence-electron chi connectivity index (χ1n) is 9.80. The topological polar surface area (TPSA) is 64.0 Å². The van der Waals surface area contributed by atoms with Gasteiger partial charge in [0.1, 0.15) is 6.17 Å². The van der Waals surface area contributed by atoms with E-state index in [1.807, 2.05) is 47.4 Å². The molecule has 0 aliphatic carbocycles. The number of amides is 1. The second-order valence-electron chi connectivity index (χ2n) is 7.73. The van der Waals surface area contributed by atoms with Gasteiger partial charge in [0, 0.05) is 13.1 Å². The molecule has 3 aromatic rings. The second-order valence-corrected chi connectivity index (χ2v) is 7.73. The molecule has 3 aromatic carbocycles. The molecular formula is C24H22N2O3. The summed E-state index contributed by atoms with van der Waals surface area (Å²) >= 11 is 0. The number of phenolic OH excluding ortho intramolecular Hbond substituents is 2. The fourth-order valence-electron chi connectivity index (χ4n) is 4.54. The number of nitrogens with zero attached hydrogens (tertiary/aromatic N) is 2. The summed E-state index contributed by atoms with van der Waals surface area (Å²) in [6.07, 6.45) is 0.383. The largest absolute Gasteiger partial charge is 0.504 e. The molecule has 1 amide bonds. The zero-order chi connectivity index (χ0) is 20.0. The van der Waals surface area contributed by atoms with Crippen LogP contribution in [0.2, 0.25) is 0 Å². The molecule has 0 aromatic heterocycles. The number of benzene rings is 3. The summed E-state index contributed by atoms with van der Waals surface area (Å²) in [5.41, 5.74) is 4.31. The number of hydrogen-bond donors (Lipinski definition) is 2. The van der Waals surface area contributed by atoms with Crippen molar-refractivity contribution in [3.8, 4) is 11.5 Å². The van der Waals surface area contributed by atoms with Crippen LogP contribution in [0.4, 0.5) is 0 Å². The maximum absolute atomic E-state index is 13.5. The number of fused-ring (bicyclic) bond motifs is 2. The molecule has 0 bridgehead atoms. The summed E-state index contributed by atoms with van der Waals surface area (Å²) in [6.45, 7) is 1.17. The lowest BCUT2D eigenvalue weighted by atomic mass is 9.94. The molecule has 2 N–H and O–H groups in total. The summed E-state index contributed by atoms with van der Waals surface area (Å²) in [6, 6.07) is 22.8. The second kappa shape index (κ2) is 6.94. The van der Waals surface area contributed by atoms with Gasteiger partial charge < -0.3 is 15.1 Å². The fraction of sp³-hybridized carbons (Fsp3) is 0.208. The van der Waals surface area contributed by atoms with Gasteiger partial charge in [-0.2, -0.15) is 0 Å². The Morgan fingerprint density at radius 2 is 1.59 bits per heavy atom. The van der Waals surface area contributed by atoms with Crippen molar-refractivity contribution in [2.45, 2.75) is 31.7 Å². The molecule has 0 radical (unpaired) electrons. The van der Waals surface area contributed by atoms with Crippen molar-refractivity contribution < 1.29 is 15.0 Å². The van der Waals surface area contributed by atoms with Gasteiger partial charge in [0.25, 0.3) is 0 Å². The first-order chi connectivity index (χ1) is 14.1. The molecule has 2 atom stereocenters. The summed E-state index contributed by atoms with van der Waals surface area (Å²) in [7, 11) is 0. The molecule has 1 fully saturated rings. The van der Waals surface area contributed by atoms with E-state index in [1.54, 1.807) is 12.1 Å². The van der Waals surface area contributed by atoms with Crippen LogP contribution in [-0.2, 0) is 24.3 Å². The highest BCUT2D eigenvalue weighted by molar-refractivity contribution is 5.85. The summed E-state index contributed by atoms with van der Waals surface area (Å²) in [5.74, 6) is -0.232. The Bertz CT molecular complexity index is 1070. The van der Waals surface area contributed by atoms with E-state index >= 15 is 0 Å². The number of aromatic hydroxyl groups is 2. The molecule has 5 rings (SSSR count). The zero-order valence-corrected chi connectivity index (χ0v) is 15.9. The lowest BCUT2D eigenvalue weighted by Gasteiger charge is -2.35. The van der Waals surface area contributed by atoms with Crippen LogP contribution < -0.4 is 0 Å². The molecule has 5 heteroatoms. The van der Waals surface area contributed by atoms with E-state index in [9.17, 15) is 15.0 Å². The average molecular weight is 386 g/mol. The molecule has 146 valence electrons. The molecule has 0 saturated carbocycles. The van der Waals surface area contributed by atoms with Crippen LogP contribution in [0, 0.1) is 0 Å². The normalized spacial score (nSPS) is 21.1. The number of hydrogen-bond acceptors (Lipinski definition) is 4. The van der Waals surface area contributed by atoms with Crippen molar-refractivity contribution in [1.82, 2.24) is 9.80 Å². The highest BCUT2D eigenvalue weighted by Gasteiger charge is 2.48. The molecule has 1 saturated heterocycles. The number of phenols is 2. The van der Waals surface area contributed by atoms with Crippen LogP contribution in [0.3, 0.4) is 0 Å². The Labute approximate surface area is 169 Å². The van der Waals surface area contributed by atoms with E-state index in [2.05, 4.69) is 17.0 Å². The van der Waals surface area contributed by atoms with Crippen molar-refractivity contribution >= 4 is 5.91 Å². The number of rotatable bonds is 3. The van der Waals surface area contributed by atoms with Crippen LogP contribution in [-0.4, -0.2) is 32.0 Å². The highest BCUT2D eigenvalue weighted by atomic mass is 16.3. The maximum Gasteiger partial charge on any atom is 0.242 e. The van der Waals surface area contributed by atoms with Crippen LogP contribution in [0.25, 0.3) is 0 Å². The SMILES string of the molecule is O=C1[C@@H]2Cc3ccccc3CN2C(c2ccc(O)c(O)c2)N1Cc1ccccc1. The van der Waals surface area contributed by atoms with E-state index in [0.717, 1.165) is 11.1 Å². The predicted molar refractivity (Wildman–Crippen MR) is 109 cm³/mol. The molecular weight excluding hydrogens is 364 g/mol. The van der Waals surface area contributed by atoms with Gasteiger partial charge in [-0.1, -0.05) is 60.7 Å². The van der Waals surface area contributed by atoms with E-state index in [1.165, 1.54) is 17.2 Å². The average Bonchev–Trinajstić information content (AvgIpc) is 3.00. The van der Waals surface area contributed by atoms with Crippen LogP contribution in [0.15, 0.2) is 72.8 Å². The fourth-order valence-corrected chi connectivity index (χ4v) is 4.54. The van der Waals surface area contributed by atoms with Crippen molar-refractivity contribution in [2.75, 3.05) is 0 Å². The van der Waals surface area contributed by atoms with E-state index in [4.69, 9.17) is 0 Å². The van der Waals surface area contributed by atoms with Gasteiger partial charge in [-0.15, -0.1) is 0 Å². The van der Waals surface area contributed by atoms with Crippen molar-refractivity contribution in [2.24, 2.45) is 0 Å². The Balaban J connectivity index is 1.58. The standard InChI is InChI=1S/C24H22N2O3/c27-21-11-10-18(13-22(21)28)23-25-15-19-9-5-4-8-17(19)12-20(25)24(29)26(23)14-16-6-2-1-3-7-16/h1-11,13,20,23,27-28H,12,14-15H2/t20-,23?/m0/s1. The van der Waals surface area contributed by atoms with Crippen molar-refractivity contribution in [1.29, 1.82) is 0 Å². The van der Waals surface area contributed by atoms with Gasteiger partial charge in [0.2, 0.25) is 5.91 Å². The molecule has 1 unspecified atom stereocenters. The minimum absolute atomic E-state index is 0.0981. The quantitative estimate of drug-likeness (QED) is 0.676. The monoisotopic (exact) mass is 386 g/mol. The summed E-state index contributed by atoms with van der Waals surface area (Å²) < 4.78 is 0. The van der Waals surface area contributed by atoms with Crippen molar-refractivity contribution in [3.63, 3.8) is 0 Å².